The summed E-state index contributed by atoms with van der Waals surface area (Å²) in [5, 5.41) is 9.68. The lowest BCUT2D eigenvalue weighted by molar-refractivity contribution is -0.133. The second-order valence-corrected chi connectivity index (χ2v) is 8.97. The minimum atomic E-state index is -3.39. The summed E-state index contributed by atoms with van der Waals surface area (Å²) in [6, 6.07) is 12.3. The topological polar surface area (TPSA) is 90.3 Å². The largest absolute Gasteiger partial charge is 0.335 e. The molecule has 2 aromatic carbocycles. The van der Waals surface area contributed by atoms with Gasteiger partial charge in [-0.05, 0) is 48.2 Å². The monoisotopic (exact) mass is 417 g/mol. The number of amides is 1. The Balaban J connectivity index is 1.87. The number of carbonyl (C=O) groups excluding carboxylic acids is 1. The van der Waals surface area contributed by atoms with E-state index in [-0.39, 0.29) is 18.4 Å². The molecular formula is C20H20ClN3O3S. The SMILES string of the molecule is C[C@H]1c2cccc(NS(C)(=O)=O)c2CCN1C(=O)Cc1c(Cl)cccc1C#N. The second kappa shape index (κ2) is 7.82. The highest BCUT2D eigenvalue weighted by molar-refractivity contribution is 7.92. The second-order valence-electron chi connectivity index (χ2n) is 6.82. The average Bonchev–Trinajstić information content (AvgIpc) is 2.63. The summed E-state index contributed by atoms with van der Waals surface area (Å²) in [5.74, 6) is -0.121. The van der Waals surface area contributed by atoms with Crippen LogP contribution in [0.5, 0.6) is 0 Å². The molecule has 3 rings (SSSR count). The van der Waals surface area contributed by atoms with E-state index >= 15 is 0 Å². The van der Waals surface area contributed by atoms with Gasteiger partial charge in [0, 0.05) is 11.6 Å². The highest BCUT2D eigenvalue weighted by Crippen LogP contribution is 2.34. The molecule has 6 nitrogen and oxygen atoms in total. The molecule has 0 aromatic heterocycles. The Hall–Kier alpha value is -2.56. The van der Waals surface area contributed by atoms with Gasteiger partial charge in [0.25, 0.3) is 0 Å². The third-order valence-electron chi connectivity index (χ3n) is 4.92. The first-order valence-electron chi connectivity index (χ1n) is 8.78. The standard InChI is InChI=1S/C20H20ClN3O3S/c1-13-15-6-4-8-19(23-28(2,26)27)16(15)9-10-24(13)20(25)11-17-14(12-22)5-3-7-18(17)21/h3-8,13,23H,9-11H2,1-2H3/t13-/m0/s1. The fourth-order valence-electron chi connectivity index (χ4n) is 3.60. The number of anilines is 1. The molecular weight excluding hydrogens is 398 g/mol. The van der Waals surface area contributed by atoms with Crippen LogP contribution in [-0.4, -0.2) is 32.0 Å². The van der Waals surface area contributed by atoms with Gasteiger partial charge in [-0.3, -0.25) is 9.52 Å². The van der Waals surface area contributed by atoms with E-state index in [0.717, 1.165) is 17.4 Å². The summed E-state index contributed by atoms with van der Waals surface area (Å²) in [7, 11) is -3.39. The Morgan fingerprint density at radius 1 is 1.32 bits per heavy atom. The summed E-state index contributed by atoms with van der Waals surface area (Å²) in [6.45, 7) is 2.37. The Labute approximate surface area is 169 Å². The van der Waals surface area contributed by atoms with Crippen LogP contribution in [0.4, 0.5) is 5.69 Å². The van der Waals surface area contributed by atoms with Crippen molar-refractivity contribution in [3.05, 3.63) is 63.7 Å². The van der Waals surface area contributed by atoms with Crippen molar-refractivity contribution in [2.24, 2.45) is 0 Å². The van der Waals surface area contributed by atoms with Gasteiger partial charge in [-0.25, -0.2) is 8.42 Å². The minimum Gasteiger partial charge on any atom is -0.335 e. The van der Waals surface area contributed by atoms with Crippen molar-refractivity contribution in [3.63, 3.8) is 0 Å². The molecule has 1 aliphatic rings. The number of halogens is 1. The molecule has 28 heavy (non-hydrogen) atoms. The van der Waals surface area contributed by atoms with Crippen LogP contribution in [0, 0.1) is 11.3 Å². The quantitative estimate of drug-likeness (QED) is 0.826. The van der Waals surface area contributed by atoms with Crippen molar-refractivity contribution in [1.82, 2.24) is 4.90 Å². The Kier molecular flexibility index (Phi) is 5.64. The number of rotatable bonds is 4. The molecule has 146 valence electrons. The van der Waals surface area contributed by atoms with Crippen LogP contribution in [0.3, 0.4) is 0 Å². The van der Waals surface area contributed by atoms with Gasteiger partial charge in [0.2, 0.25) is 15.9 Å². The lowest BCUT2D eigenvalue weighted by Crippen LogP contribution is -2.40. The lowest BCUT2D eigenvalue weighted by Gasteiger charge is -2.36. The summed E-state index contributed by atoms with van der Waals surface area (Å²) in [5.41, 5.74) is 3.29. The lowest BCUT2D eigenvalue weighted by atomic mass is 9.91. The van der Waals surface area contributed by atoms with Crippen LogP contribution in [-0.2, 0) is 27.7 Å². The summed E-state index contributed by atoms with van der Waals surface area (Å²) in [4.78, 5) is 14.7. The predicted molar refractivity (Wildman–Crippen MR) is 109 cm³/mol. The first kappa shape index (κ1) is 20.2. The van der Waals surface area contributed by atoms with Gasteiger partial charge in [0.15, 0.2) is 0 Å². The van der Waals surface area contributed by atoms with Crippen LogP contribution >= 0.6 is 11.6 Å². The van der Waals surface area contributed by atoms with E-state index in [9.17, 15) is 18.5 Å². The summed E-state index contributed by atoms with van der Waals surface area (Å²) >= 11 is 6.20. The number of benzene rings is 2. The van der Waals surface area contributed by atoms with Crippen molar-refractivity contribution in [1.29, 1.82) is 5.26 Å². The van der Waals surface area contributed by atoms with Gasteiger partial charge in [0.05, 0.1) is 36.0 Å². The molecule has 0 unspecified atom stereocenters. The molecule has 0 fully saturated rings. The van der Waals surface area contributed by atoms with E-state index in [4.69, 9.17) is 11.6 Å². The zero-order chi connectivity index (χ0) is 20.5. The van der Waals surface area contributed by atoms with Crippen LogP contribution in [0.15, 0.2) is 36.4 Å². The molecule has 0 bridgehead atoms. The third kappa shape index (κ3) is 4.13. The molecule has 0 radical (unpaired) electrons. The van der Waals surface area contributed by atoms with Crippen molar-refractivity contribution in [2.75, 3.05) is 17.5 Å². The van der Waals surface area contributed by atoms with Gasteiger partial charge < -0.3 is 4.90 Å². The van der Waals surface area contributed by atoms with Gasteiger partial charge in [-0.2, -0.15) is 5.26 Å². The molecule has 8 heteroatoms. The fraction of sp³-hybridized carbons (Fsp3) is 0.300. The molecule has 0 saturated carbocycles. The van der Waals surface area contributed by atoms with E-state index in [1.54, 1.807) is 35.2 Å². The van der Waals surface area contributed by atoms with Gasteiger partial charge in [0.1, 0.15) is 0 Å². The molecule has 1 amide bonds. The molecule has 1 heterocycles. The molecule has 2 aromatic rings. The molecule has 0 aliphatic carbocycles. The Morgan fingerprint density at radius 3 is 2.71 bits per heavy atom. The van der Waals surface area contributed by atoms with E-state index in [1.807, 2.05) is 13.0 Å². The summed E-state index contributed by atoms with van der Waals surface area (Å²) < 4.78 is 25.8. The predicted octanol–water partition coefficient (Wildman–Crippen LogP) is 3.27. The van der Waals surface area contributed by atoms with Crippen molar-refractivity contribution in [2.45, 2.75) is 25.8 Å². The number of nitrogens with one attached hydrogen (secondary N) is 1. The van der Waals surface area contributed by atoms with E-state index in [1.165, 1.54) is 0 Å². The van der Waals surface area contributed by atoms with Crippen molar-refractivity contribution < 1.29 is 13.2 Å². The third-order valence-corrected chi connectivity index (χ3v) is 5.86. The zero-order valence-corrected chi connectivity index (χ0v) is 17.1. The number of hydrogen-bond acceptors (Lipinski definition) is 4. The normalized spacial score (nSPS) is 16.2. The molecule has 0 saturated heterocycles. The highest BCUT2D eigenvalue weighted by Gasteiger charge is 2.30. The number of nitriles is 1. The van der Waals surface area contributed by atoms with Crippen molar-refractivity contribution >= 4 is 33.2 Å². The van der Waals surface area contributed by atoms with Crippen LogP contribution in [0.2, 0.25) is 5.02 Å². The molecule has 1 N–H and O–H groups in total. The minimum absolute atomic E-state index is 0.0452. The van der Waals surface area contributed by atoms with E-state index < -0.39 is 10.0 Å². The van der Waals surface area contributed by atoms with Gasteiger partial charge >= 0.3 is 0 Å². The molecule has 1 atom stereocenters. The van der Waals surface area contributed by atoms with Gasteiger partial charge in [-0.1, -0.05) is 29.8 Å². The average molecular weight is 418 g/mol. The number of sulfonamides is 1. The van der Waals surface area contributed by atoms with Crippen LogP contribution < -0.4 is 4.72 Å². The number of hydrogen-bond donors (Lipinski definition) is 1. The maximum absolute atomic E-state index is 13.0. The fourth-order valence-corrected chi connectivity index (χ4v) is 4.43. The first-order valence-corrected chi connectivity index (χ1v) is 11.0. The van der Waals surface area contributed by atoms with Gasteiger partial charge in [-0.15, -0.1) is 0 Å². The number of fused-ring (bicyclic) bond motifs is 1. The van der Waals surface area contributed by atoms with E-state index in [0.29, 0.717) is 34.8 Å². The summed E-state index contributed by atoms with van der Waals surface area (Å²) in [6.07, 6.45) is 1.70. The molecule has 1 aliphatic heterocycles. The number of nitrogens with zero attached hydrogens (tertiary/aromatic N) is 2. The zero-order valence-electron chi connectivity index (χ0n) is 15.6. The maximum atomic E-state index is 13.0. The first-order chi connectivity index (χ1) is 13.2. The Morgan fingerprint density at radius 2 is 2.04 bits per heavy atom. The number of carbonyl (C=O) groups is 1. The van der Waals surface area contributed by atoms with Crippen LogP contribution in [0.1, 0.15) is 35.2 Å². The van der Waals surface area contributed by atoms with Crippen LogP contribution in [0.25, 0.3) is 0 Å². The molecule has 0 spiro atoms. The maximum Gasteiger partial charge on any atom is 0.229 e. The van der Waals surface area contributed by atoms with Crippen molar-refractivity contribution in [3.8, 4) is 6.07 Å². The van der Waals surface area contributed by atoms with E-state index in [2.05, 4.69) is 10.8 Å². The Bertz CT molecular complexity index is 1080. The highest BCUT2D eigenvalue weighted by atomic mass is 35.5. The smallest absolute Gasteiger partial charge is 0.229 e.